The lowest BCUT2D eigenvalue weighted by Gasteiger charge is -2.30. The van der Waals surface area contributed by atoms with Crippen molar-refractivity contribution in [3.8, 4) is 0 Å². The molecule has 0 saturated heterocycles. The minimum atomic E-state index is -0.147. The van der Waals surface area contributed by atoms with Crippen LogP contribution in [0.4, 0.5) is 0 Å². The van der Waals surface area contributed by atoms with E-state index in [4.69, 9.17) is 0 Å². The summed E-state index contributed by atoms with van der Waals surface area (Å²) in [5, 5.41) is 0. The monoisotopic (exact) mass is 275 g/mol. The van der Waals surface area contributed by atoms with Gasteiger partial charge in [0.05, 0.1) is 38.3 Å². The fraction of sp³-hybridized carbons (Fsp3) is 0.500. The van der Waals surface area contributed by atoms with E-state index in [1.807, 2.05) is 0 Å². The molecule has 4 heteroatoms. The van der Waals surface area contributed by atoms with Gasteiger partial charge in [0.25, 0.3) is 11.8 Å². The van der Waals surface area contributed by atoms with Crippen LogP contribution in [0, 0.1) is 0 Å². The van der Waals surface area contributed by atoms with Crippen LogP contribution in [-0.4, -0.2) is 54.9 Å². The van der Waals surface area contributed by atoms with Crippen molar-refractivity contribution in [2.24, 2.45) is 0 Å². The molecule has 1 aromatic carbocycles. The van der Waals surface area contributed by atoms with E-state index in [0.29, 0.717) is 17.7 Å². The van der Waals surface area contributed by atoms with Crippen molar-refractivity contribution in [3.05, 3.63) is 35.4 Å². The molecule has 1 heterocycles. The predicted octanol–water partition coefficient (Wildman–Crippen LogP) is 2.16. The first-order chi connectivity index (χ1) is 9.46. The highest BCUT2D eigenvalue weighted by atomic mass is 16.2. The molecular weight excluding hydrogens is 252 g/mol. The standard InChI is InChI=1S/C16H23N2O2/c1-4-11-18(2,3)12-7-10-17-15(19)13-8-5-6-9-14(13)16(17)20/h5-6,8-9H,4,7,10-12H2,1-3H3/q+1. The zero-order chi connectivity index (χ0) is 14.8. The number of nitrogens with zero attached hydrogens (tertiary/aromatic N) is 2. The molecule has 2 amide bonds. The number of hydrogen-bond donors (Lipinski definition) is 0. The largest absolute Gasteiger partial charge is 0.328 e. The zero-order valence-corrected chi connectivity index (χ0v) is 12.6. The second kappa shape index (κ2) is 5.75. The molecule has 0 aliphatic carbocycles. The fourth-order valence-electron chi connectivity index (χ4n) is 2.82. The van der Waals surface area contributed by atoms with Gasteiger partial charge >= 0.3 is 0 Å². The van der Waals surface area contributed by atoms with Gasteiger partial charge in [-0.3, -0.25) is 14.5 Å². The molecule has 0 bridgehead atoms. The molecular formula is C16H23N2O2+. The minimum absolute atomic E-state index is 0.147. The van der Waals surface area contributed by atoms with Crippen LogP contribution in [0.25, 0.3) is 0 Å². The third kappa shape index (κ3) is 2.90. The lowest BCUT2D eigenvalue weighted by atomic mass is 10.1. The summed E-state index contributed by atoms with van der Waals surface area (Å²) in [7, 11) is 4.37. The molecule has 0 unspecified atom stereocenters. The van der Waals surface area contributed by atoms with Gasteiger partial charge in [-0.1, -0.05) is 19.1 Å². The molecule has 0 spiro atoms. The van der Waals surface area contributed by atoms with Gasteiger partial charge < -0.3 is 4.48 Å². The highest BCUT2D eigenvalue weighted by Crippen LogP contribution is 2.22. The molecule has 1 aliphatic rings. The normalized spacial score (nSPS) is 14.8. The summed E-state index contributed by atoms with van der Waals surface area (Å²) in [6, 6.07) is 7.06. The van der Waals surface area contributed by atoms with Gasteiger partial charge in [-0.15, -0.1) is 0 Å². The molecule has 4 nitrogen and oxygen atoms in total. The van der Waals surface area contributed by atoms with Crippen molar-refractivity contribution in [3.63, 3.8) is 0 Å². The number of hydrogen-bond acceptors (Lipinski definition) is 2. The Labute approximate surface area is 120 Å². The SMILES string of the molecule is CCC[N+](C)(C)CCCN1C(=O)c2ccccc2C1=O. The molecule has 2 rings (SSSR count). The Morgan fingerprint density at radius 1 is 1.00 bits per heavy atom. The summed E-state index contributed by atoms with van der Waals surface area (Å²) >= 11 is 0. The number of benzene rings is 1. The molecule has 0 aromatic heterocycles. The summed E-state index contributed by atoms with van der Waals surface area (Å²) in [6.45, 7) is 4.77. The summed E-state index contributed by atoms with van der Waals surface area (Å²) in [6.07, 6.45) is 1.98. The number of amides is 2. The highest BCUT2D eigenvalue weighted by Gasteiger charge is 2.34. The van der Waals surface area contributed by atoms with Gasteiger partial charge in [-0.05, 0) is 18.6 Å². The van der Waals surface area contributed by atoms with Gasteiger partial charge in [-0.25, -0.2) is 0 Å². The van der Waals surface area contributed by atoms with Crippen molar-refractivity contribution in [1.82, 2.24) is 4.90 Å². The summed E-state index contributed by atoms with van der Waals surface area (Å²) in [4.78, 5) is 25.8. The molecule has 0 atom stereocenters. The van der Waals surface area contributed by atoms with Crippen LogP contribution in [0.15, 0.2) is 24.3 Å². The van der Waals surface area contributed by atoms with Gasteiger partial charge in [0.15, 0.2) is 0 Å². The lowest BCUT2D eigenvalue weighted by Crippen LogP contribution is -2.42. The topological polar surface area (TPSA) is 37.4 Å². The number of rotatable bonds is 6. The van der Waals surface area contributed by atoms with Crippen LogP contribution >= 0.6 is 0 Å². The van der Waals surface area contributed by atoms with E-state index in [1.54, 1.807) is 24.3 Å². The molecule has 1 aliphatic heterocycles. The quantitative estimate of drug-likeness (QED) is 0.589. The predicted molar refractivity (Wildman–Crippen MR) is 78.6 cm³/mol. The van der Waals surface area contributed by atoms with Gasteiger partial charge in [0.2, 0.25) is 0 Å². The lowest BCUT2D eigenvalue weighted by molar-refractivity contribution is -0.890. The van der Waals surface area contributed by atoms with Crippen molar-refractivity contribution in [1.29, 1.82) is 0 Å². The average molecular weight is 275 g/mol. The average Bonchev–Trinajstić information content (AvgIpc) is 2.64. The van der Waals surface area contributed by atoms with Gasteiger partial charge in [0, 0.05) is 13.0 Å². The maximum atomic E-state index is 12.2. The van der Waals surface area contributed by atoms with E-state index >= 15 is 0 Å². The molecule has 0 fully saturated rings. The molecule has 1 aromatic rings. The summed E-state index contributed by atoms with van der Waals surface area (Å²) in [5.74, 6) is -0.294. The summed E-state index contributed by atoms with van der Waals surface area (Å²) in [5.41, 5.74) is 1.08. The van der Waals surface area contributed by atoms with Crippen LogP contribution in [0.3, 0.4) is 0 Å². The van der Waals surface area contributed by atoms with Crippen molar-refractivity contribution in [2.75, 3.05) is 33.7 Å². The van der Waals surface area contributed by atoms with Gasteiger partial charge in [-0.2, -0.15) is 0 Å². The first kappa shape index (κ1) is 14.7. The van der Waals surface area contributed by atoms with Crippen LogP contribution in [0.5, 0.6) is 0 Å². The van der Waals surface area contributed by atoms with Crippen LogP contribution < -0.4 is 0 Å². The van der Waals surface area contributed by atoms with E-state index < -0.39 is 0 Å². The number of carbonyl (C=O) groups is 2. The number of imide groups is 1. The highest BCUT2D eigenvalue weighted by molar-refractivity contribution is 6.21. The zero-order valence-electron chi connectivity index (χ0n) is 12.6. The smallest absolute Gasteiger partial charge is 0.261 e. The molecule has 108 valence electrons. The number of fused-ring (bicyclic) bond motifs is 1. The third-order valence-electron chi connectivity index (χ3n) is 3.85. The van der Waals surface area contributed by atoms with E-state index in [-0.39, 0.29) is 11.8 Å². The molecule has 20 heavy (non-hydrogen) atoms. The van der Waals surface area contributed by atoms with Gasteiger partial charge in [0.1, 0.15) is 0 Å². The number of carbonyl (C=O) groups excluding carboxylic acids is 2. The van der Waals surface area contributed by atoms with Crippen molar-refractivity contribution >= 4 is 11.8 Å². The van der Waals surface area contributed by atoms with E-state index in [2.05, 4.69) is 21.0 Å². The Morgan fingerprint density at radius 3 is 2.05 bits per heavy atom. The summed E-state index contributed by atoms with van der Waals surface area (Å²) < 4.78 is 0.930. The first-order valence-electron chi connectivity index (χ1n) is 7.23. The van der Waals surface area contributed by atoms with E-state index in [9.17, 15) is 9.59 Å². The Balaban J connectivity index is 1.96. The number of quaternary nitrogens is 1. The van der Waals surface area contributed by atoms with Crippen LogP contribution in [0.1, 0.15) is 40.5 Å². The molecule has 0 N–H and O–H groups in total. The maximum absolute atomic E-state index is 12.2. The second-order valence-electron chi connectivity index (χ2n) is 6.04. The van der Waals surface area contributed by atoms with Crippen molar-refractivity contribution < 1.29 is 14.1 Å². The van der Waals surface area contributed by atoms with Crippen LogP contribution in [-0.2, 0) is 0 Å². The first-order valence-corrected chi connectivity index (χ1v) is 7.23. The Kier molecular flexibility index (Phi) is 4.23. The van der Waals surface area contributed by atoms with E-state index in [1.165, 1.54) is 4.90 Å². The third-order valence-corrected chi connectivity index (χ3v) is 3.85. The maximum Gasteiger partial charge on any atom is 0.261 e. The second-order valence-corrected chi connectivity index (χ2v) is 6.04. The van der Waals surface area contributed by atoms with Crippen molar-refractivity contribution in [2.45, 2.75) is 19.8 Å². The Morgan fingerprint density at radius 2 is 1.55 bits per heavy atom. The van der Waals surface area contributed by atoms with E-state index in [0.717, 1.165) is 30.4 Å². The van der Waals surface area contributed by atoms with Crippen LogP contribution in [0.2, 0.25) is 0 Å². The molecule has 0 saturated carbocycles. The minimum Gasteiger partial charge on any atom is -0.328 e. The fourth-order valence-corrected chi connectivity index (χ4v) is 2.82. The Hall–Kier alpha value is -1.68. The molecule has 0 radical (unpaired) electrons. The Bertz CT molecular complexity index is 488.